The fourth-order valence-corrected chi connectivity index (χ4v) is 9.80. The van der Waals surface area contributed by atoms with Crippen LogP contribution in [0.5, 0.6) is 0 Å². The molecule has 0 aromatic rings. The van der Waals surface area contributed by atoms with Crippen molar-refractivity contribution in [1.29, 1.82) is 0 Å². The molecule has 37 heavy (non-hydrogen) atoms. The Kier molecular flexibility index (Phi) is 5.64. The number of hydrogen-bond acceptors (Lipinski definition) is 7. The van der Waals surface area contributed by atoms with Crippen LogP contribution in [-0.2, 0) is 28.6 Å². The van der Waals surface area contributed by atoms with Gasteiger partial charge in [0.15, 0.2) is 5.78 Å². The minimum atomic E-state index is -0.792. The summed E-state index contributed by atoms with van der Waals surface area (Å²) in [7, 11) is 0. The highest BCUT2D eigenvalue weighted by atomic mass is 16.6. The topological polar surface area (TPSA) is 102 Å². The lowest BCUT2D eigenvalue weighted by molar-refractivity contribution is -0.167. The van der Waals surface area contributed by atoms with Gasteiger partial charge in [0.2, 0.25) is 0 Å². The predicted octanol–water partition coefficient (Wildman–Crippen LogP) is 3.92. The number of fused-ring (bicyclic) bond motifs is 4. The highest BCUT2D eigenvalue weighted by Gasteiger charge is 2.80. The van der Waals surface area contributed by atoms with Crippen molar-refractivity contribution in [3.63, 3.8) is 0 Å². The van der Waals surface area contributed by atoms with Crippen molar-refractivity contribution in [3.05, 3.63) is 23.3 Å². The molecular weight excluding hydrogens is 472 g/mol. The van der Waals surface area contributed by atoms with Crippen molar-refractivity contribution in [3.8, 4) is 0 Å². The maximum atomic E-state index is 13.4. The van der Waals surface area contributed by atoms with E-state index < -0.39 is 17.1 Å². The summed E-state index contributed by atoms with van der Waals surface area (Å²) in [6, 6.07) is 0. The first-order valence-corrected chi connectivity index (χ1v) is 14.1. The van der Waals surface area contributed by atoms with Crippen LogP contribution in [0.4, 0.5) is 0 Å². The highest BCUT2D eigenvalue weighted by Crippen LogP contribution is 2.73. The zero-order valence-electron chi connectivity index (χ0n) is 22.6. The predicted molar refractivity (Wildman–Crippen MR) is 134 cm³/mol. The Morgan fingerprint density at radius 2 is 1.97 bits per heavy atom. The van der Waals surface area contributed by atoms with Crippen LogP contribution in [-0.4, -0.2) is 53.3 Å². The number of cyclic esters (lactones) is 1. The molecule has 4 aliphatic carbocycles. The molecule has 0 radical (unpaired) electrons. The molecule has 1 N–H and O–H groups in total. The minimum Gasteiger partial charge on any atom is -0.465 e. The number of esters is 2. The summed E-state index contributed by atoms with van der Waals surface area (Å²) in [6.07, 6.45) is 7.32. The minimum absolute atomic E-state index is 0.0668. The Balaban J connectivity index is 1.34. The van der Waals surface area contributed by atoms with Crippen LogP contribution < -0.4 is 0 Å². The van der Waals surface area contributed by atoms with Gasteiger partial charge in [0.25, 0.3) is 0 Å². The number of ether oxygens (including phenoxy) is 3. The van der Waals surface area contributed by atoms with E-state index in [4.69, 9.17) is 14.2 Å². The van der Waals surface area contributed by atoms with Crippen LogP contribution in [0.15, 0.2) is 23.3 Å². The van der Waals surface area contributed by atoms with Gasteiger partial charge in [0, 0.05) is 24.3 Å². The van der Waals surface area contributed by atoms with Crippen LogP contribution in [0.1, 0.15) is 73.1 Å². The van der Waals surface area contributed by atoms with Crippen molar-refractivity contribution < 1.29 is 33.7 Å². The van der Waals surface area contributed by atoms with Crippen molar-refractivity contribution in [2.75, 3.05) is 6.61 Å². The van der Waals surface area contributed by atoms with Gasteiger partial charge < -0.3 is 19.3 Å². The molecule has 1 spiro atoms. The van der Waals surface area contributed by atoms with E-state index in [1.54, 1.807) is 12.2 Å². The SMILES string of the molecule is CC(=O)OCC12CCC3C(CC4OC45C(O)C=CC(=O)C35C)C1CCC2C(C)C1CC(C)=C(C)C(=O)O1. The lowest BCUT2D eigenvalue weighted by Gasteiger charge is -2.58. The average molecular weight is 513 g/mol. The van der Waals surface area contributed by atoms with Gasteiger partial charge >= 0.3 is 11.9 Å². The average Bonchev–Trinajstić information content (AvgIpc) is 3.48. The van der Waals surface area contributed by atoms with Crippen LogP contribution in [0.25, 0.3) is 0 Å². The quantitative estimate of drug-likeness (QED) is 0.450. The second-order valence-electron chi connectivity index (χ2n) is 13.0. The fourth-order valence-electron chi connectivity index (χ4n) is 9.80. The van der Waals surface area contributed by atoms with E-state index in [1.807, 2.05) is 20.8 Å². The van der Waals surface area contributed by atoms with Gasteiger partial charge in [-0.2, -0.15) is 0 Å². The fraction of sp³-hybridized carbons (Fsp3) is 0.767. The summed E-state index contributed by atoms with van der Waals surface area (Å²) in [5.41, 5.74) is 0.0360. The third kappa shape index (κ3) is 3.22. The number of epoxide rings is 1. The van der Waals surface area contributed by atoms with Crippen molar-refractivity contribution in [2.24, 2.45) is 40.4 Å². The van der Waals surface area contributed by atoms with Crippen molar-refractivity contribution in [1.82, 2.24) is 0 Å². The van der Waals surface area contributed by atoms with Gasteiger partial charge in [-0.05, 0) is 94.6 Å². The van der Waals surface area contributed by atoms with Crippen molar-refractivity contribution in [2.45, 2.75) is 97.1 Å². The smallest absolute Gasteiger partial charge is 0.333 e. The summed E-state index contributed by atoms with van der Waals surface area (Å²) in [5, 5.41) is 10.9. The molecule has 6 aliphatic rings. The van der Waals surface area contributed by atoms with Gasteiger partial charge in [0.05, 0.1) is 18.1 Å². The van der Waals surface area contributed by atoms with E-state index in [-0.39, 0.29) is 64.9 Å². The van der Waals surface area contributed by atoms with Crippen LogP contribution >= 0.6 is 0 Å². The van der Waals surface area contributed by atoms with E-state index in [0.29, 0.717) is 12.2 Å². The molecule has 2 aliphatic heterocycles. The van der Waals surface area contributed by atoms with Crippen LogP contribution in [0.2, 0.25) is 0 Å². The van der Waals surface area contributed by atoms with E-state index in [9.17, 15) is 19.5 Å². The third-order valence-corrected chi connectivity index (χ3v) is 11.9. The first kappa shape index (κ1) is 25.3. The summed E-state index contributed by atoms with van der Waals surface area (Å²) in [5.74, 6) is 0.591. The maximum absolute atomic E-state index is 13.4. The molecule has 202 valence electrons. The van der Waals surface area contributed by atoms with Gasteiger partial charge in [-0.25, -0.2) is 4.79 Å². The first-order chi connectivity index (χ1) is 17.5. The number of aliphatic hydroxyl groups excluding tert-OH is 1. The molecule has 6 rings (SSSR count). The number of carbonyl (C=O) groups is 3. The standard InChI is InChI=1S/C30H40O7/c1-15-12-23(36-27(34)16(15)2)17(3)20-6-7-22-19-13-26-30(37-26)25(33)9-8-24(32)28(30,5)21(19)10-11-29(20,22)14-35-18(4)31/h8-9,17,19-23,25-26,33H,6-7,10-14H2,1-5H3. The third-order valence-electron chi connectivity index (χ3n) is 11.9. The zero-order chi connectivity index (χ0) is 26.5. The lowest BCUT2D eigenvalue weighted by atomic mass is 9.44. The normalized spacial score (nSPS) is 48.9. The zero-order valence-corrected chi connectivity index (χ0v) is 22.6. The molecule has 0 amide bonds. The molecule has 11 unspecified atom stereocenters. The van der Waals surface area contributed by atoms with Gasteiger partial charge in [-0.15, -0.1) is 0 Å². The number of hydrogen-bond donors (Lipinski definition) is 1. The molecule has 7 heteroatoms. The molecule has 0 bridgehead atoms. The van der Waals surface area contributed by atoms with Gasteiger partial charge in [-0.3, -0.25) is 9.59 Å². The van der Waals surface area contributed by atoms with Crippen LogP contribution in [0.3, 0.4) is 0 Å². The number of ketones is 1. The second kappa shape index (κ2) is 8.25. The molecule has 3 saturated carbocycles. The Morgan fingerprint density at radius 3 is 2.68 bits per heavy atom. The number of allylic oxidation sites excluding steroid dienone is 1. The van der Waals surface area contributed by atoms with Gasteiger partial charge in [0.1, 0.15) is 17.8 Å². The summed E-state index contributed by atoms with van der Waals surface area (Å²) < 4.78 is 18.0. The van der Waals surface area contributed by atoms with E-state index >= 15 is 0 Å². The van der Waals surface area contributed by atoms with E-state index in [1.165, 1.54) is 6.92 Å². The maximum Gasteiger partial charge on any atom is 0.333 e. The number of aliphatic hydroxyl groups is 1. The molecule has 2 heterocycles. The highest BCUT2D eigenvalue weighted by molar-refractivity contribution is 5.98. The van der Waals surface area contributed by atoms with E-state index in [0.717, 1.165) is 44.1 Å². The van der Waals surface area contributed by atoms with Crippen LogP contribution in [0, 0.1) is 40.4 Å². The van der Waals surface area contributed by atoms with Crippen molar-refractivity contribution >= 4 is 17.7 Å². The summed E-state index contributed by atoms with van der Waals surface area (Å²) >= 11 is 0. The Morgan fingerprint density at radius 1 is 1.22 bits per heavy atom. The summed E-state index contributed by atoms with van der Waals surface area (Å²) in [6.45, 7) is 9.89. The molecule has 0 aromatic carbocycles. The largest absolute Gasteiger partial charge is 0.465 e. The molecule has 0 aromatic heterocycles. The van der Waals surface area contributed by atoms with Gasteiger partial charge in [-0.1, -0.05) is 12.5 Å². The molecule has 11 atom stereocenters. The Labute approximate surface area is 219 Å². The monoisotopic (exact) mass is 512 g/mol. The molecule has 1 saturated heterocycles. The first-order valence-electron chi connectivity index (χ1n) is 14.1. The number of carbonyl (C=O) groups excluding carboxylic acids is 3. The Hall–Kier alpha value is -1.99. The number of rotatable bonds is 4. The second-order valence-corrected chi connectivity index (χ2v) is 13.0. The molecule has 7 nitrogen and oxygen atoms in total. The molecule has 4 fully saturated rings. The summed E-state index contributed by atoms with van der Waals surface area (Å²) in [4.78, 5) is 38.0. The molecular formula is C30H40O7. The lowest BCUT2D eigenvalue weighted by Crippen LogP contribution is -2.64. The van der Waals surface area contributed by atoms with E-state index in [2.05, 4.69) is 6.92 Å². The Bertz CT molecular complexity index is 1110.